The maximum absolute atomic E-state index is 10.3. The maximum atomic E-state index is 10.3. The van der Waals surface area contributed by atoms with Crippen molar-refractivity contribution in [2.45, 2.75) is 6.92 Å². The SMILES string of the molecule is Cc1ccc(O)c(OS(=O)(=O)O)c1. The normalized spacial score (nSPS) is 11.2. The molecular weight excluding hydrogens is 196 g/mol. The van der Waals surface area contributed by atoms with Crippen LogP contribution in [0.25, 0.3) is 0 Å². The largest absolute Gasteiger partial charge is 0.504 e. The summed E-state index contributed by atoms with van der Waals surface area (Å²) in [5.41, 5.74) is 0.705. The van der Waals surface area contributed by atoms with Crippen molar-refractivity contribution in [3.8, 4) is 11.5 Å². The summed E-state index contributed by atoms with van der Waals surface area (Å²) in [5, 5.41) is 9.10. The molecule has 0 aliphatic rings. The van der Waals surface area contributed by atoms with E-state index in [4.69, 9.17) is 9.66 Å². The van der Waals surface area contributed by atoms with Crippen molar-refractivity contribution in [2.24, 2.45) is 0 Å². The van der Waals surface area contributed by atoms with Gasteiger partial charge in [0, 0.05) is 0 Å². The first-order valence-electron chi connectivity index (χ1n) is 3.35. The molecule has 5 nitrogen and oxygen atoms in total. The van der Waals surface area contributed by atoms with Gasteiger partial charge in [0.15, 0.2) is 11.5 Å². The molecule has 0 atom stereocenters. The molecule has 1 aromatic rings. The third-order valence-electron chi connectivity index (χ3n) is 1.31. The molecule has 0 unspecified atom stereocenters. The number of aromatic hydroxyl groups is 1. The molecule has 0 spiro atoms. The van der Waals surface area contributed by atoms with E-state index in [-0.39, 0.29) is 11.5 Å². The molecule has 0 heterocycles. The van der Waals surface area contributed by atoms with Gasteiger partial charge in [-0.2, -0.15) is 8.42 Å². The van der Waals surface area contributed by atoms with Crippen LogP contribution < -0.4 is 4.18 Å². The molecule has 0 aliphatic carbocycles. The Hall–Kier alpha value is -1.27. The van der Waals surface area contributed by atoms with Gasteiger partial charge in [-0.1, -0.05) is 6.07 Å². The first-order valence-corrected chi connectivity index (χ1v) is 4.71. The average molecular weight is 204 g/mol. The van der Waals surface area contributed by atoms with Crippen LogP contribution in [0.2, 0.25) is 0 Å². The second-order valence-electron chi connectivity index (χ2n) is 2.48. The predicted molar refractivity (Wildman–Crippen MR) is 45.0 cm³/mol. The Kier molecular flexibility index (Phi) is 2.44. The predicted octanol–water partition coefficient (Wildman–Crippen LogP) is 0.882. The lowest BCUT2D eigenvalue weighted by atomic mass is 10.2. The van der Waals surface area contributed by atoms with Crippen LogP contribution in [0, 0.1) is 6.92 Å². The van der Waals surface area contributed by atoms with E-state index in [1.165, 1.54) is 12.1 Å². The van der Waals surface area contributed by atoms with Crippen molar-refractivity contribution in [1.82, 2.24) is 0 Å². The number of phenolic OH excluding ortho intramolecular Hbond substituents is 1. The van der Waals surface area contributed by atoms with Gasteiger partial charge in [0.25, 0.3) is 0 Å². The average Bonchev–Trinajstić information content (AvgIpc) is 1.94. The van der Waals surface area contributed by atoms with E-state index in [9.17, 15) is 8.42 Å². The summed E-state index contributed by atoms with van der Waals surface area (Å²) in [5.74, 6) is -0.634. The molecule has 13 heavy (non-hydrogen) atoms. The first kappa shape index (κ1) is 9.82. The number of benzene rings is 1. The molecule has 0 fully saturated rings. The first-order chi connectivity index (χ1) is 5.88. The van der Waals surface area contributed by atoms with Crippen LogP contribution in [-0.2, 0) is 10.4 Å². The van der Waals surface area contributed by atoms with Crippen LogP contribution in [0.4, 0.5) is 0 Å². The number of hydrogen-bond donors (Lipinski definition) is 2. The van der Waals surface area contributed by atoms with Crippen LogP contribution in [0.1, 0.15) is 5.56 Å². The van der Waals surface area contributed by atoms with Crippen LogP contribution in [0.15, 0.2) is 18.2 Å². The molecule has 0 aromatic heterocycles. The van der Waals surface area contributed by atoms with Crippen molar-refractivity contribution >= 4 is 10.4 Å². The highest BCUT2D eigenvalue weighted by Gasteiger charge is 2.10. The molecule has 0 aliphatic heterocycles. The van der Waals surface area contributed by atoms with E-state index < -0.39 is 10.4 Å². The molecule has 0 bridgehead atoms. The number of hydrogen-bond acceptors (Lipinski definition) is 4. The summed E-state index contributed by atoms with van der Waals surface area (Å²) in [4.78, 5) is 0. The standard InChI is InChI=1S/C7H8O5S/c1-5-2-3-6(8)7(4-5)12-13(9,10)11/h2-4,8H,1H3,(H,9,10,11). The van der Waals surface area contributed by atoms with E-state index in [1.54, 1.807) is 13.0 Å². The smallest absolute Gasteiger partial charge is 0.446 e. The molecule has 0 radical (unpaired) electrons. The van der Waals surface area contributed by atoms with Crippen LogP contribution in [0.3, 0.4) is 0 Å². The van der Waals surface area contributed by atoms with Gasteiger partial charge in [0.05, 0.1) is 0 Å². The van der Waals surface area contributed by atoms with E-state index in [0.29, 0.717) is 5.56 Å². The summed E-state index contributed by atoms with van der Waals surface area (Å²) in [7, 11) is -4.58. The summed E-state index contributed by atoms with van der Waals surface area (Å²) in [6.07, 6.45) is 0. The lowest BCUT2D eigenvalue weighted by Crippen LogP contribution is -2.06. The molecule has 2 N–H and O–H groups in total. The Morgan fingerprint density at radius 3 is 2.54 bits per heavy atom. The minimum atomic E-state index is -4.58. The highest BCUT2D eigenvalue weighted by Crippen LogP contribution is 2.27. The Morgan fingerprint density at radius 2 is 2.00 bits per heavy atom. The number of aryl methyl sites for hydroxylation is 1. The Balaban J connectivity index is 3.08. The fraction of sp³-hybridized carbons (Fsp3) is 0.143. The Morgan fingerprint density at radius 1 is 1.38 bits per heavy atom. The van der Waals surface area contributed by atoms with Crippen molar-refractivity contribution in [3.05, 3.63) is 23.8 Å². The van der Waals surface area contributed by atoms with Crippen molar-refractivity contribution in [1.29, 1.82) is 0 Å². The summed E-state index contributed by atoms with van der Waals surface area (Å²) < 4.78 is 33.0. The van der Waals surface area contributed by atoms with Crippen LogP contribution in [-0.4, -0.2) is 18.1 Å². The second-order valence-corrected chi connectivity index (χ2v) is 3.50. The molecule has 0 saturated heterocycles. The zero-order chi connectivity index (χ0) is 10.1. The molecule has 72 valence electrons. The highest BCUT2D eigenvalue weighted by atomic mass is 32.3. The lowest BCUT2D eigenvalue weighted by molar-refractivity contribution is 0.371. The van der Waals surface area contributed by atoms with Crippen molar-refractivity contribution in [2.75, 3.05) is 0 Å². The molecule has 1 aromatic carbocycles. The second kappa shape index (κ2) is 3.23. The fourth-order valence-corrected chi connectivity index (χ4v) is 1.16. The van der Waals surface area contributed by atoms with E-state index in [2.05, 4.69) is 4.18 Å². The van der Waals surface area contributed by atoms with Gasteiger partial charge in [-0.05, 0) is 24.6 Å². The zero-order valence-electron chi connectivity index (χ0n) is 6.76. The number of rotatable bonds is 2. The lowest BCUT2D eigenvalue weighted by Gasteiger charge is -2.04. The van der Waals surface area contributed by atoms with Crippen molar-refractivity contribution in [3.63, 3.8) is 0 Å². The van der Waals surface area contributed by atoms with Gasteiger partial charge in [0.2, 0.25) is 0 Å². The molecular formula is C7H8O5S. The van der Waals surface area contributed by atoms with Gasteiger partial charge < -0.3 is 9.29 Å². The third kappa shape index (κ3) is 2.92. The van der Waals surface area contributed by atoms with E-state index >= 15 is 0 Å². The fourth-order valence-electron chi connectivity index (χ4n) is 0.802. The Bertz CT molecular complexity index is 409. The molecule has 1 rings (SSSR count). The Labute approximate surface area is 75.5 Å². The van der Waals surface area contributed by atoms with Gasteiger partial charge in [-0.3, -0.25) is 4.55 Å². The van der Waals surface area contributed by atoms with E-state index in [1.807, 2.05) is 0 Å². The summed E-state index contributed by atoms with van der Waals surface area (Å²) in [6, 6.07) is 4.14. The van der Waals surface area contributed by atoms with Crippen LogP contribution in [0.5, 0.6) is 11.5 Å². The maximum Gasteiger partial charge on any atom is 0.446 e. The quantitative estimate of drug-likeness (QED) is 0.698. The molecule has 0 amide bonds. The summed E-state index contributed by atoms with van der Waals surface area (Å²) >= 11 is 0. The minimum absolute atomic E-state index is 0.289. The monoisotopic (exact) mass is 204 g/mol. The summed E-state index contributed by atoms with van der Waals surface area (Å²) in [6.45, 7) is 1.69. The van der Waals surface area contributed by atoms with Crippen molar-refractivity contribution < 1.29 is 22.3 Å². The van der Waals surface area contributed by atoms with Gasteiger partial charge >= 0.3 is 10.4 Å². The van der Waals surface area contributed by atoms with E-state index in [0.717, 1.165) is 0 Å². The zero-order valence-corrected chi connectivity index (χ0v) is 7.58. The topological polar surface area (TPSA) is 83.8 Å². The molecule has 0 saturated carbocycles. The number of phenols is 1. The molecule has 6 heteroatoms. The van der Waals surface area contributed by atoms with Gasteiger partial charge in [-0.15, -0.1) is 0 Å². The van der Waals surface area contributed by atoms with Gasteiger partial charge in [0.1, 0.15) is 0 Å². The minimum Gasteiger partial charge on any atom is -0.504 e. The van der Waals surface area contributed by atoms with Crippen LogP contribution >= 0.6 is 0 Å². The third-order valence-corrected chi connectivity index (χ3v) is 1.70. The highest BCUT2D eigenvalue weighted by molar-refractivity contribution is 7.81. The van der Waals surface area contributed by atoms with Gasteiger partial charge in [-0.25, -0.2) is 0 Å².